The summed E-state index contributed by atoms with van der Waals surface area (Å²) in [7, 11) is 0. The molecule has 0 spiro atoms. The summed E-state index contributed by atoms with van der Waals surface area (Å²) in [5.41, 5.74) is -0.502. The van der Waals surface area contributed by atoms with Crippen molar-refractivity contribution in [1.29, 1.82) is 0 Å². The fourth-order valence-electron chi connectivity index (χ4n) is 2.66. The molecule has 26 heavy (non-hydrogen) atoms. The SMILES string of the molecule is CC=C1COC(C(=O)NCc2ccccc2)(C(F)(F)F)C=C1C=C(C)C. The van der Waals surface area contributed by atoms with Gasteiger partial charge in [-0.25, -0.2) is 0 Å². The number of rotatable bonds is 4. The molecule has 0 radical (unpaired) electrons. The summed E-state index contributed by atoms with van der Waals surface area (Å²) >= 11 is 0. The molecule has 2 rings (SSSR count). The average molecular weight is 365 g/mol. The summed E-state index contributed by atoms with van der Waals surface area (Å²) in [6.07, 6.45) is -0.691. The van der Waals surface area contributed by atoms with Gasteiger partial charge in [-0.2, -0.15) is 13.2 Å². The van der Waals surface area contributed by atoms with E-state index in [9.17, 15) is 18.0 Å². The molecule has 3 nitrogen and oxygen atoms in total. The molecule has 1 aliphatic heterocycles. The van der Waals surface area contributed by atoms with Crippen molar-refractivity contribution in [3.63, 3.8) is 0 Å². The smallest absolute Gasteiger partial charge is 0.349 e. The number of amides is 1. The summed E-state index contributed by atoms with van der Waals surface area (Å²) in [6, 6.07) is 8.75. The van der Waals surface area contributed by atoms with E-state index < -0.39 is 17.7 Å². The van der Waals surface area contributed by atoms with Gasteiger partial charge in [-0.05, 0) is 43.6 Å². The summed E-state index contributed by atoms with van der Waals surface area (Å²) in [5.74, 6) is -1.22. The Morgan fingerprint density at radius 2 is 1.92 bits per heavy atom. The van der Waals surface area contributed by atoms with E-state index in [0.29, 0.717) is 16.7 Å². The molecule has 1 heterocycles. The second kappa shape index (κ2) is 7.91. The third-order valence-corrected chi connectivity index (χ3v) is 4.03. The topological polar surface area (TPSA) is 38.3 Å². The number of alkyl halides is 3. The van der Waals surface area contributed by atoms with Gasteiger partial charge in [0, 0.05) is 6.54 Å². The number of benzene rings is 1. The highest BCUT2D eigenvalue weighted by Crippen LogP contribution is 2.40. The van der Waals surface area contributed by atoms with Gasteiger partial charge in [-0.1, -0.05) is 48.1 Å². The van der Waals surface area contributed by atoms with Gasteiger partial charge in [-0.3, -0.25) is 4.79 Å². The van der Waals surface area contributed by atoms with E-state index in [0.717, 1.165) is 11.6 Å². The zero-order valence-electron chi connectivity index (χ0n) is 15.0. The maximum Gasteiger partial charge on any atom is 0.430 e. The largest absolute Gasteiger partial charge is 0.430 e. The molecule has 140 valence electrons. The minimum atomic E-state index is -4.88. The van der Waals surface area contributed by atoms with Crippen LogP contribution in [0.5, 0.6) is 0 Å². The molecule has 0 saturated carbocycles. The second-order valence-electron chi connectivity index (χ2n) is 6.33. The molecule has 1 amide bonds. The van der Waals surface area contributed by atoms with Gasteiger partial charge in [0.2, 0.25) is 0 Å². The number of ether oxygens (including phenoxy) is 1. The summed E-state index contributed by atoms with van der Waals surface area (Å²) in [4.78, 5) is 12.5. The molecule has 1 aromatic rings. The van der Waals surface area contributed by atoms with Crippen LogP contribution in [0.1, 0.15) is 26.3 Å². The van der Waals surface area contributed by atoms with Crippen LogP contribution in [0.4, 0.5) is 13.2 Å². The Balaban J connectivity index is 2.39. The van der Waals surface area contributed by atoms with Crippen LogP contribution in [0, 0.1) is 0 Å². The zero-order chi connectivity index (χ0) is 19.4. The van der Waals surface area contributed by atoms with Crippen molar-refractivity contribution in [2.24, 2.45) is 0 Å². The number of carbonyl (C=O) groups is 1. The van der Waals surface area contributed by atoms with Crippen LogP contribution in [0.3, 0.4) is 0 Å². The number of nitrogens with one attached hydrogen (secondary N) is 1. The lowest BCUT2D eigenvalue weighted by Gasteiger charge is -2.36. The van der Waals surface area contributed by atoms with Gasteiger partial charge >= 0.3 is 6.18 Å². The van der Waals surface area contributed by atoms with Crippen molar-refractivity contribution >= 4 is 5.91 Å². The lowest BCUT2D eigenvalue weighted by Crippen LogP contribution is -2.59. The Kier molecular flexibility index (Phi) is 6.08. The minimum absolute atomic E-state index is 0.0108. The van der Waals surface area contributed by atoms with Gasteiger partial charge in [0.15, 0.2) is 0 Å². The lowest BCUT2D eigenvalue weighted by molar-refractivity contribution is -0.249. The number of hydrogen-bond donors (Lipinski definition) is 1. The number of allylic oxidation sites excluding steroid dienone is 3. The molecule has 6 heteroatoms. The van der Waals surface area contributed by atoms with Crippen LogP contribution >= 0.6 is 0 Å². The Bertz CT molecular complexity index is 744. The average Bonchev–Trinajstić information content (AvgIpc) is 2.59. The highest BCUT2D eigenvalue weighted by Gasteiger charge is 2.61. The number of halogens is 3. The predicted octanol–water partition coefficient (Wildman–Crippen LogP) is 4.47. The van der Waals surface area contributed by atoms with Gasteiger partial charge in [-0.15, -0.1) is 0 Å². The van der Waals surface area contributed by atoms with Crippen LogP contribution in [-0.2, 0) is 16.1 Å². The van der Waals surface area contributed by atoms with Crippen molar-refractivity contribution in [1.82, 2.24) is 5.32 Å². The van der Waals surface area contributed by atoms with E-state index in [2.05, 4.69) is 5.32 Å². The molecular formula is C20H22F3NO2. The quantitative estimate of drug-likeness (QED) is 0.855. The van der Waals surface area contributed by atoms with E-state index in [1.165, 1.54) is 0 Å². The van der Waals surface area contributed by atoms with E-state index in [4.69, 9.17) is 4.74 Å². The van der Waals surface area contributed by atoms with E-state index in [1.54, 1.807) is 63.3 Å². The molecule has 1 aromatic carbocycles. The molecule has 0 saturated heterocycles. The van der Waals surface area contributed by atoms with Crippen molar-refractivity contribution in [2.45, 2.75) is 39.1 Å². The molecule has 0 aliphatic carbocycles. The van der Waals surface area contributed by atoms with E-state index >= 15 is 0 Å². The third kappa shape index (κ3) is 4.25. The van der Waals surface area contributed by atoms with Crippen LogP contribution in [0.2, 0.25) is 0 Å². The van der Waals surface area contributed by atoms with Crippen LogP contribution in [-0.4, -0.2) is 24.3 Å². The monoisotopic (exact) mass is 365 g/mol. The van der Waals surface area contributed by atoms with E-state index in [1.807, 2.05) is 0 Å². The fourth-order valence-corrected chi connectivity index (χ4v) is 2.66. The molecule has 1 unspecified atom stereocenters. The van der Waals surface area contributed by atoms with Crippen LogP contribution < -0.4 is 5.32 Å². The first-order valence-electron chi connectivity index (χ1n) is 8.26. The first-order valence-corrected chi connectivity index (χ1v) is 8.26. The fraction of sp³-hybridized carbons (Fsp3) is 0.350. The molecule has 1 aliphatic rings. The molecule has 0 aromatic heterocycles. The normalized spacial score (nSPS) is 21.9. The summed E-state index contributed by atoms with van der Waals surface area (Å²) < 4.78 is 46.6. The highest BCUT2D eigenvalue weighted by atomic mass is 19.4. The molecule has 1 atom stereocenters. The number of hydrogen-bond acceptors (Lipinski definition) is 2. The molecule has 0 fully saturated rings. The van der Waals surface area contributed by atoms with Crippen molar-refractivity contribution in [3.8, 4) is 0 Å². The number of carbonyl (C=O) groups excluding carboxylic acids is 1. The first kappa shape index (κ1) is 20.0. The molecule has 0 bridgehead atoms. The Morgan fingerprint density at radius 1 is 1.27 bits per heavy atom. The lowest BCUT2D eigenvalue weighted by atomic mass is 9.90. The Morgan fingerprint density at radius 3 is 2.46 bits per heavy atom. The predicted molar refractivity (Wildman–Crippen MR) is 94.3 cm³/mol. The minimum Gasteiger partial charge on any atom is -0.349 e. The highest BCUT2D eigenvalue weighted by molar-refractivity contribution is 5.89. The van der Waals surface area contributed by atoms with Crippen molar-refractivity contribution in [2.75, 3.05) is 6.61 Å². The van der Waals surface area contributed by atoms with E-state index in [-0.39, 0.29) is 13.2 Å². The van der Waals surface area contributed by atoms with Crippen molar-refractivity contribution < 1.29 is 22.7 Å². The third-order valence-electron chi connectivity index (χ3n) is 4.03. The van der Waals surface area contributed by atoms with Crippen LogP contribution in [0.25, 0.3) is 0 Å². The Labute approximate surface area is 151 Å². The van der Waals surface area contributed by atoms with Gasteiger partial charge in [0.1, 0.15) is 0 Å². The van der Waals surface area contributed by atoms with Crippen molar-refractivity contribution in [3.05, 3.63) is 70.8 Å². The van der Waals surface area contributed by atoms with Gasteiger partial charge < -0.3 is 10.1 Å². The molecular weight excluding hydrogens is 343 g/mol. The zero-order valence-corrected chi connectivity index (χ0v) is 15.0. The molecule has 1 N–H and O–H groups in total. The first-order chi connectivity index (χ1) is 12.2. The second-order valence-corrected chi connectivity index (χ2v) is 6.33. The maximum atomic E-state index is 13.8. The summed E-state index contributed by atoms with van der Waals surface area (Å²) in [5, 5.41) is 2.35. The maximum absolute atomic E-state index is 13.8. The Hall–Kier alpha value is -2.34. The van der Waals surface area contributed by atoms with Gasteiger partial charge in [0.05, 0.1) is 6.61 Å². The summed E-state index contributed by atoms with van der Waals surface area (Å²) in [6.45, 7) is 5.00. The van der Waals surface area contributed by atoms with Crippen LogP contribution in [0.15, 0.2) is 65.3 Å². The van der Waals surface area contributed by atoms with Gasteiger partial charge in [0.25, 0.3) is 11.5 Å². The standard InChI is InChI=1S/C20H22F3NO2/c1-4-16-13-26-19(20(21,22)23,11-17(16)10-14(2)3)18(25)24-12-15-8-6-5-7-9-15/h4-11H,12-13H2,1-3H3,(H,24,25).